The summed E-state index contributed by atoms with van der Waals surface area (Å²) in [5, 5.41) is 0.460. The zero-order chi connectivity index (χ0) is 28.5. The van der Waals surface area contributed by atoms with E-state index < -0.39 is 17.6 Å². The fraction of sp³-hybridized carbons (Fsp3) is 0.760. The third-order valence-corrected chi connectivity index (χ3v) is 10.6. The Kier molecular flexibility index (Phi) is 23.5. The van der Waals surface area contributed by atoms with Gasteiger partial charge in [-0.1, -0.05) is 0 Å². The molecule has 0 radical (unpaired) electrons. The van der Waals surface area contributed by atoms with Gasteiger partial charge in [0, 0.05) is 37.6 Å². The highest BCUT2D eigenvalue weighted by atomic mass is 28.4. The summed E-state index contributed by atoms with van der Waals surface area (Å²) in [6.07, 6.45) is 2.02. The van der Waals surface area contributed by atoms with Crippen LogP contribution in [0, 0.1) is 0 Å². The van der Waals surface area contributed by atoms with Crippen LogP contribution < -0.4 is 0 Å². The van der Waals surface area contributed by atoms with Gasteiger partial charge in [0.05, 0.1) is 19.9 Å². The Morgan fingerprint density at radius 3 is 1.84 bits per heavy atom. The molecule has 0 amide bonds. The number of nitrogens with zero attached hydrogens (tertiary/aromatic N) is 2. The van der Waals surface area contributed by atoms with Crippen LogP contribution in [-0.4, -0.2) is 126 Å². The fourth-order valence-corrected chi connectivity index (χ4v) is 7.63. The van der Waals surface area contributed by atoms with Crippen molar-refractivity contribution in [2.24, 2.45) is 0 Å². The third-order valence-electron chi connectivity index (χ3n) is 5.29. The average Bonchev–Trinajstić information content (AvgIpc) is 2.88. The Morgan fingerprint density at radius 2 is 1.32 bits per heavy atom. The average molecular weight is 575 g/mol. The quantitative estimate of drug-likeness (QED) is 0.0646. The molecule has 0 fully saturated rings. The second kappa shape index (κ2) is 24.5. The zero-order valence-corrected chi connectivity index (χ0v) is 25.9. The van der Waals surface area contributed by atoms with E-state index in [-0.39, 0.29) is 6.79 Å². The lowest BCUT2D eigenvalue weighted by atomic mass is 10.3. The highest BCUT2D eigenvalue weighted by Crippen LogP contribution is 2.18. The number of ether oxygens (including phenoxy) is 3. The molecule has 0 aromatic carbocycles. The highest BCUT2D eigenvalue weighted by Gasteiger charge is 2.39. The molecule has 0 aliphatic carbocycles. The number of hydrogen-bond acceptors (Lipinski definition) is 11. The summed E-state index contributed by atoms with van der Waals surface area (Å²) in [6.45, 7) is 11.0. The van der Waals surface area contributed by atoms with E-state index in [1.54, 1.807) is 11.9 Å². The first-order chi connectivity index (χ1) is 18.4. The molecule has 0 aliphatic heterocycles. The summed E-state index contributed by atoms with van der Waals surface area (Å²) >= 11 is 0. The minimum atomic E-state index is -2.61. The van der Waals surface area contributed by atoms with Gasteiger partial charge in [-0.3, -0.25) is 9.80 Å². The van der Waals surface area contributed by atoms with E-state index in [0.717, 1.165) is 19.0 Å². The molecule has 0 saturated carbocycles. The summed E-state index contributed by atoms with van der Waals surface area (Å²) in [7, 11) is -0.899. The minimum Gasteiger partial charge on any atom is -0.374 e. The van der Waals surface area contributed by atoms with Gasteiger partial charge in [-0.05, 0) is 72.1 Å². The predicted octanol–water partition coefficient (Wildman–Crippen LogP) is 1.37. The molecule has 0 atom stereocenters. The van der Waals surface area contributed by atoms with Crippen LogP contribution in [0.2, 0.25) is 6.04 Å². The normalized spacial score (nSPS) is 12.2. The third kappa shape index (κ3) is 17.9. The Morgan fingerprint density at radius 1 is 0.789 bits per heavy atom. The van der Waals surface area contributed by atoms with Crippen molar-refractivity contribution in [2.75, 3.05) is 80.5 Å². The van der Waals surface area contributed by atoms with Crippen LogP contribution in [0.25, 0.3) is 0 Å². The Balaban J connectivity index is 3.94. The standard InChI is InChI=1S/C25H46N2O9Si2/c1-6-34-38(35-7-2,36-8-3)20-10-13-27(5)23-33-24-32-17-16-31-22-26(4)12-9-11-25(21-30)37(18-14-28)19-15-29/h18-19,37H,6-13,16-17,20,22-24H2,1-5H3. The van der Waals surface area contributed by atoms with Gasteiger partial charge in [0.2, 0.25) is 0 Å². The van der Waals surface area contributed by atoms with Crippen LogP contribution >= 0.6 is 0 Å². The van der Waals surface area contributed by atoms with E-state index in [1.165, 1.54) is 11.4 Å². The molecule has 0 N–H and O–H groups in total. The fourth-order valence-electron chi connectivity index (χ4n) is 3.57. The molecule has 38 heavy (non-hydrogen) atoms. The van der Waals surface area contributed by atoms with Crippen molar-refractivity contribution in [2.45, 2.75) is 46.1 Å². The van der Waals surface area contributed by atoms with Gasteiger partial charge in [0.25, 0.3) is 0 Å². The molecule has 11 nitrogen and oxygen atoms in total. The second-order valence-electron chi connectivity index (χ2n) is 8.47. The van der Waals surface area contributed by atoms with Gasteiger partial charge in [0.15, 0.2) is 8.80 Å². The molecule has 0 aromatic heterocycles. The van der Waals surface area contributed by atoms with Crippen LogP contribution in [0.4, 0.5) is 0 Å². The highest BCUT2D eigenvalue weighted by molar-refractivity contribution is 6.79. The Bertz CT molecular complexity index is 720. The van der Waals surface area contributed by atoms with Gasteiger partial charge >= 0.3 is 8.80 Å². The number of carbonyl (C=O) groups excluding carboxylic acids is 3. The van der Waals surface area contributed by atoms with Crippen molar-refractivity contribution < 1.29 is 41.9 Å². The van der Waals surface area contributed by atoms with Crippen molar-refractivity contribution in [1.82, 2.24) is 9.80 Å². The first kappa shape index (κ1) is 36.5. The lowest BCUT2D eigenvalue weighted by Gasteiger charge is -2.29. The van der Waals surface area contributed by atoms with Crippen molar-refractivity contribution in [3.8, 4) is 0 Å². The van der Waals surface area contributed by atoms with Crippen LogP contribution in [0.5, 0.6) is 0 Å². The molecule has 0 unspecified atom stereocenters. The molecule has 0 saturated heterocycles. The summed E-state index contributed by atoms with van der Waals surface area (Å²) in [4.78, 5) is 36.4. The molecule has 0 spiro atoms. The summed E-state index contributed by atoms with van der Waals surface area (Å²) < 4.78 is 34.3. The largest absolute Gasteiger partial charge is 0.500 e. The minimum absolute atomic E-state index is 0.176. The first-order valence-corrected chi connectivity index (χ1v) is 16.9. The molecule has 0 heterocycles. The molecule has 0 rings (SSSR count). The van der Waals surface area contributed by atoms with E-state index in [1.807, 2.05) is 45.7 Å². The van der Waals surface area contributed by atoms with Crippen molar-refractivity contribution >= 4 is 35.4 Å². The van der Waals surface area contributed by atoms with Crippen LogP contribution in [-0.2, 0) is 41.9 Å². The molecule has 0 aliphatic rings. The second-order valence-corrected chi connectivity index (χ2v) is 13.6. The Hall–Kier alpha value is -1.54. The van der Waals surface area contributed by atoms with Crippen molar-refractivity contribution in [3.05, 3.63) is 16.6 Å². The summed E-state index contributed by atoms with van der Waals surface area (Å²) in [5.74, 6) is 5.19. The molecular formula is C25H46N2O9Si2. The predicted molar refractivity (Wildman–Crippen MR) is 149 cm³/mol. The van der Waals surface area contributed by atoms with Gasteiger partial charge in [-0.2, -0.15) is 0 Å². The first-order valence-electron chi connectivity index (χ1n) is 13.1. The topological polar surface area (TPSA) is 113 Å². The van der Waals surface area contributed by atoms with Gasteiger partial charge in [-0.15, -0.1) is 0 Å². The van der Waals surface area contributed by atoms with Crippen molar-refractivity contribution in [3.63, 3.8) is 0 Å². The molecule has 0 bridgehead atoms. The number of allylic oxidation sites excluding steroid dienone is 1. The van der Waals surface area contributed by atoms with E-state index >= 15 is 0 Å². The van der Waals surface area contributed by atoms with Gasteiger partial charge in [0.1, 0.15) is 31.3 Å². The lowest BCUT2D eigenvalue weighted by Crippen LogP contribution is -2.46. The molecule has 13 heteroatoms. The van der Waals surface area contributed by atoms with Crippen LogP contribution in [0.15, 0.2) is 16.6 Å². The molecular weight excluding hydrogens is 528 g/mol. The maximum Gasteiger partial charge on any atom is 0.500 e. The Labute approximate surface area is 230 Å². The van der Waals surface area contributed by atoms with Crippen LogP contribution in [0.1, 0.15) is 40.0 Å². The van der Waals surface area contributed by atoms with Crippen LogP contribution in [0.3, 0.4) is 0 Å². The van der Waals surface area contributed by atoms with Crippen molar-refractivity contribution in [1.29, 1.82) is 0 Å². The monoisotopic (exact) mass is 574 g/mol. The summed E-state index contributed by atoms with van der Waals surface area (Å²) in [5.41, 5.74) is 2.50. The molecule has 218 valence electrons. The van der Waals surface area contributed by atoms with Gasteiger partial charge < -0.3 is 27.5 Å². The smallest absolute Gasteiger partial charge is 0.374 e. The van der Waals surface area contributed by atoms with E-state index in [2.05, 4.69) is 4.90 Å². The lowest BCUT2D eigenvalue weighted by molar-refractivity contribution is -0.0996. The number of rotatable bonds is 26. The maximum atomic E-state index is 11.2. The number of hydrogen-bond donors (Lipinski definition) is 0. The zero-order valence-electron chi connectivity index (χ0n) is 23.7. The molecule has 0 aromatic rings. The maximum absolute atomic E-state index is 11.2. The van der Waals surface area contributed by atoms with E-state index in [0.29, 0.717) is 71.1 Å². The SMILES string of the molecule is CCO[Si](CCCN(C)COCOCCOCN(C)CCCC(=C=O)[SiH](C=C=O)C=C=O)(OCC)OCC. The van der Waals surface area contributed by atoms with Gasteiger partial charge in [-0.25, -0.2) is 14.4 Å². The summed E-state index contributed by atoms with van der Waals surface area (Å²) in [6, 6.07) is 0.765. The van der Waals surface area contributed by atoms with E-state index in [4.69, 9.17) is 27.5 Å². The van der Waals surface area contributed by atoms with E-state index in [9.17, 15) is 14.4 Å².